The summed E-state index contributed by atoms with van der Waals surface area (Å²) in [7, 11) is 0. The van der Waals surface area contributed by atoms with Crippen molar-refractivity contribution in [3.8, 4) is 0 Å². The third kappa shape index (κ3) is 2.97. The minimum Gasteiger partial charge on any atom is -0.349 e. The number of carbonyl (C=O) groups is 2. The molecule has 0 atom stereocenters. The van der Waals surface area contributed by atoms with Gasteiger partial charge < -0.3 is 5.32 Å². The lowest BCUT2D eigenvalue weighted by molar-refractivity contribution is -0.120. The number of hydrogen-bond acceptors (Lipinski definition) is 3. The second-order valence-electron chi connectivity index (χ2n) is 5.55. The maximum atomic E-state index is 12.7. The Morgan fingerprint density at radius 1 is 1.00 bits per heavy atom. The average molecular weight is 406 g/mol. The molecule has 24 heavy (non-hydrogen) atoms. The lowest BCUT2D eigenvalue weighted by Gasteiger charge is -2.15. The van der Waals surface area contributed by atoms with Gasteiger partial charge in [0.2, 0.25) is 0 Å². The van der Waals surface area contributed by atoms with E-state index in [-0.39, 0.29) is 10.7 Å². The quantitative estimate of drug-likeness (QED) is 0.765. The maximum Gasteiger partial charge on any atom is 0.283 e. The molecule has 1 aliphatic rings. The first-order valence-electron chi connectivity index (χ1n) is 7.27. The zero-order chi connectivity index (χ0) is 17.4. The maximum absolute atomic E-state index is 12.7. The van der Waals surface area contributed by atoms with Gasteiger partial charge in [-0.3, -0.25) is 9.59 Å². The van der Waals surface area contributed by atoms with Crippen molar-refractivity contribution in [2.75, 3.05) is 10.2 Å². The van der Waals surface area contributed by atoms with Gasteiger partial charge in [0.15, 0.2) is 0 Å². The molecule has 2 aromatic rings. The topological polar surface area (TPSA) is 49.4 Å². The molecule has 2 amide bonds. The number of aryl methyl sites for hydroxylation is 2. The van der Waals surface area contributed by atoms with E-state index in [1.165, 1.54) is 0 Å². The van der Waals surface area contributed by atoms with Crippen LogP contribution in [0.25, 0.3) is 0 Å². The van der Waals surface area contributed by atoms with Gasteiger partial charge in [-0.05, 0) is 55.3 Å². The zero-order valence-corrected chi connectivity index (χ0v) is 15.4. The summed E-state index contributed by atoms with van der Waals surface area (Å²) in [5.74, 6) is -0.995. The highest BCUT2D eigenvalue weighted by molar-refractivity contribution is 9.10. The molecule has 4 nitrogen and oxygen atoms in total. The molecule has 0 aromatic heterocycles. The van der Waals surface area contributed by atoms with Crippen LogP contribution in [0.4, 0.5) is 11.4 Å². The molecule has 0 fully saturated rings. The predicted molar refractivity (Wildman–Crippen MR) is 99.1 cm³/mol. The van der Waals surface area contributed by atoms with E-state index >= 15 is 0 Å². The van der Waals surface area contributed by atoms with Crippen molar-refractivity contribution in [2.45, 2.75) is 13.8 Å². The number of rotatable bonds is 3. The lowest BCUT2D eigenvalue weighted by Crippen LogP contribution is -2.32. The molecule has 0 aliphatic carbocycles. The van der Waals surface area contributed by atoms with Gasteiger partial charge >= 0.3 is 0 Å². The third-order valence-corrected chi connectivity index (χ3v) is 4.64. The number of hydrogen-bond donors (Lipinski definition) is 1. The number of benzene rings is 2. The largest absolute Gasteiger partial charge is 0.349 e. The van der Waals surface area contributed by atoms with Crippen LogP contribution in [0.5, 0.6) is 0 Å². The summed E-state index contributed by atoms with van der Waals surface area (Å²) < 4.78 is 0.859. The monoisotopic (exact) mass is 404 g/mol. The Morgan fingerprint density at radius 3 is 2.33 bits per heavy atom. The Balaban J connectivity index is 1.94. The van der Waals surface area contributed by atoms with Crippen LogP contribution in [0.2, 0.25) is 0 Å². The second-order valence-corrected chi connectivity index (χ2v) is 6.85. The van der Waals surface area contributed by atoms with E-state index in [2.05, 4.69) is 21.2 Å². The van der Waals surface area contributed by atoms with Crippen molar-refractivity contribution >= 4 is 50.7 Å². The van der Waals surface area contributed by atoms with Crippen LogP contribution >= 0.6 is 27.5 Å². The number of nitrogens with zero attached hydrogens (tertiary/aromatic N) is 1. The van der Waals surface area contributed by atoms with Crippen LogP contribution in [-0.2, 0) is 9.59 Å². The van der Waals surface area contributed by atoms with E-state index in [1.807, 2.05) is 32.0 Å². The second kappa shape index (κ2) is 6.42. The van der Waals surface area contributed by atoms with Crippen LogP contribution in [0.3, 0.4) is 0 Å². The van der Waals surface area contributed by atoms with Gasteiger partial charge in [-0.1, -0.05) is 39.7 Å². The summed E-state index contributed by atoms with van der Waals surface area (Å²) in [6.45, 7) is 3.88. The van der Waals surface area contributed by atoms with Crippen molar-refractivity contribution in [1.29, 1.82) is 0 Å². The first-order valence-corrected chi connectivity index (χ1v) is 8.44. The highest BCUT2D eigenvalue weighted by Gasteiger charge is 2.39. The number of anilines is 2. The van der Waals surface area contributed by atoms with E-state index in [0.717, 1.165) is 26.2 Å². The van der Waals surface area contributed by atoms with Crippen molar-refractivity contribution < 1.29 is 9.59 Å². The van der Waals surface area contributed by atoms with Crippen LogP contribution in [0, 0.1) is 13.8 Å². The summed E-state index contributed by atoms with van der Waals surface area (Å²) in [5, 5.41) is 2.91. The molecule has 0 saturated carbocycles. The Morgan fingerprint density at radius 2 is 1.67 bits per heavy atom. The molecule has 1 N–H and O–H groups in total. The minimum absolute atomic E-state index is 0.0956. The molecule has 122 valence electrons. The fourth-order valence-corrected chi connectivity index (χ4v) is 2.92. The average Bonchev–Trinajstić information content (AvgIpc) is 2.76. The van der Waals surface area contributed by atoms with Crippen molar-refractivity contribution in [1.82, 2.24) is 0 Å². The van der Waals surface area contributed by atoms with E-state index < -0.39 is 11.8 Å². The molecule has 2 aromatic carbocycles. The number of halogens is 2. The normalized spacial score (nSPS) is 14.6. The Kier molecular flexibility index (Phi) is 4.47. The fourth-order valence-electron chi connectivity index (χ4n) is 2.44. The molecule has 0 spiro atoms. The molecule has 1 heterocycles. The molecule has 1 aliphatic heterocycles. The summed E-state index contributed by atoms with van der Waals surface area (Å²) in [6, 6.07) is 12.7. The van der Waals surface area contributed by atoms with E-state index in [4.69, 9.17) is 11.6 Å². The smallest absolute Gasteiger partial charge is 0.283 e. The number of amides is 2. The molecule has 0 unspecified atom stereocenters. The molecule has 0 bridgehead atoms. The first kappa shape index (κ1) is 16.7. The van der Waals surface area contributed by atoms with Gasteiger partial charge in [0, 0.05) is 10.2 Å². The zero-order valence-electron chi connectivity index (χ0n) is 13.1. The van der Waals surface area contributed by atoms with E-state index in [9.17, 15) is 9.59 Å². The SMILES string of the molecule is Cc1ccc(C)c(NC2=C(Cl)C(=O)N(c3ccc(Br)cc3)C2=O)c1. The highest BCUT2D eigenvalue weighted by Crippen LogP contribution is 2.31. The number of nitrogens with one attached hydrogen (secondary N) is 1. The van der Waals surface area contributed by atoms with Gasteiger partial charge in [-0.15, -0.1) is 0 Å². The van der Waals surface area contributed by atoms with Crippen molar-refractivity contribution in [3.05, 3.63) is 68.8 Å². The number of carbonyl (C=O) groups excluding carboxylic acids is 2. The molecular weight excluding hydrogens is 392 g/mol. The Labute approximate surface area is 153 Å². The van der Waals surface area contributed by atoms with Gasteiger partial charge in [0.1, 0.15) is 10.7 Å². The van der Waals surface area contributed by atoms with Crippen molar-refractivity contribution in [3.63, 3.8) is 0 Å². The van der Waals surface area contributed by atoms with Crippen LogP contribution in [-0.4, -0.2) is 11.8 Å². The van der Waals surface area contributed by atoms with Gasteiger partial charge in [0.25, 0.3) is 11.8 Å². The van der Waals surface area contributed by atoms with Gasteiger partial charge in [-0.25, -0.2) is 4.90 Å². The molecular formula is C18H14BrClN2O2. The lowest BCUT2D eigenvalue weighted by atomic mass is 10.1. The minimum atomic E-state index is -0.531. The fraction of sp³-hybridized carbons (Fsp3) is 0.111. The van der Waals surface area contributed by atoms with Crippen LogP contribution in [0.15, 0.2) is 57.7 Å². The summed E-state index contributed by atoms with van der Waals surface area (Å²) in [4.78, 5) is 26.2. The van der Waals surface area contributed by atoms with Crippen LogP contribution in [0.1, 0.15) is 11.1 Å². The first-order chi connectivity index (χ1) is 11.4. The summed E-state index contributed by atoms with van der Waals surface area (Å²) in [6.07, 6.45) is 0. The molecule has 3 rings (SSSR count). The summed E-state index contributed by atoms with van der Waals surface area (Å²) >= 11 is 9.47. The Bertz CT molecular complexity index is 875. The van der Waals surface area contributed by atoms with Crippen molar-refractivity contribution in [2.24, 2.45) is 0 Å². The molecule has 0 radical (unpaired) electrons. The van der Waals surface area contributed by atoms with Crippen LogP contribution < -0.4 is 10.2 Å². The Hall–Kier alpha value is -2.11. The predicted octanol–water partition coefficient (Wildman–Crippen LogP) is 4.50. The molecule has 0 saturated heterocycles. The number of imide groups is 1. The van der Waals surface area contributed by atoms with Gasteiger partial charge in [0.05, 0.1) is 5.69 Å². The molecule has 6 heteroatoms. The highest BCUT2D eigenvalue weighted by atomic mass is 79.9. The van der Waals surface area contributed by atoms with E-state index in [0.29, 0.717) is 5.69 Å². The van der Waals surface area contributed by atoms with Gasteiger partial charge in [-0.2, -0.15) is 0 Å². The third-order valence-electron chi connectivity index (χ3n) is 3.76. The van der Waals surface area contributed by atoms with E-state index in [1.54, 1.807) is 24.3 Å². The standard InChI is InChI=1S/C18H14BrClN2O2/c1-10-3-4-11(2)14(9-10)21-16-15(20)17(23)22(18(16)24)13-7-5-12(19)6-8-13/h3-9,21H,1-2H3. The summed E-state index contributed by atoms with van der Waals surface area (Å²) in [5.41, 5.74) is 3.32.